The number of pyridine rings is 1. The van der Waals surface area contributed by atoms with Crippen LogP contribution >= 0.6 is 0 Å². The second-order valence-electron chi connectivity index (χ2n) is 6.49. The van der Waals surface area contributed by atoms with Crippen molar-refractivity contribution in [3.63, 3.8) is 0 Å². The van der Waals surface area contributed by atoms with Gasteiger partial charge in [0, 0.05) is 30.1 Å². The molecule has 4 heteroatoms. The van der Waals surface area contributed by atoms with Crippen LogP contribution < -0.4 is 10.6 Å². The van der Waals surface area contributed by atoms with Crippen molar-refractivity contribution in [1.82, 2.24) is 15.6 Å². The standard InChI is InChI=1S/C22H25N3O/c1-3-13-23-22(26)19-9-6-7-17(14-19)15-24-16(2)20-12-11-18-8-4-5-10-21(18)25-20/h4-12,14,16,24H,3,13,15H2,1-2H3,(H,23,26). The van der Waals surface area contributed by atoms with Gasteiger partial charge < -0.3 is 10.6 Å². The molecule has 1 heterocycles. The van der Waals surface area contributed by atoms with E-state index < -0.39 is 0 Å². The first-order chi connectivity index (χ1) is 12.7. The van der Waals surface area contributed by atoms with Gasteiger partial charge in [-0.15, -0.1) is 0 Å². The van der Waals surface area contributed by atoms with Crippen LogP contribution in [-0.2, 0) is 6.54 Å². The maximum absolute atomic E-state index is 12.1. The molecule has 0 spiro atoms. The van der Waals surface area contributed by atoms with E-state index in [1.165, 1.54) is 0 Å². The third kappa shape index (κ3) is 4.46. The van der Waals surface area contributed by atoms with Crippen molar-refractivity contribution in [2.24, 2.45) is 0 Å². The third-order valence-electron chi connectivity index (χ3n) is 4.40. The highest BCUT2D eigenvalue weighted by Crippen LogP contribution is 2.17. The largest absolute Gasteiger partial charge is 0.352 e. The summed E-state index contributed by atoms with van der Waals surface area (Å²) < 4.78 is 0. The van der Waals surface area contributed by atoms with Crippen LogP contribution in [-0.4, -0.2) is 17.4 Å². The van der Waals surface area contributed by atoms with Crippen LogP contribution in [0.15, 0.2) is 60.7 Å². The van der Waals surface area contributed by atoms with Gasteiger partial charge in [0.1, 0.15) is 0 Å². The minimum atomic E-state index is -0.0158. The lowest BCUT2D eigenvalue weighted by molar-refractivity contribution is 0.0953. The Labute approximate surface area is 154 Å². The van der Waals surface area contributed by atoms with Gasteiger partial charge in [0.15, 0.2) is 0 Å². The Bertz CT molecular complexity index is 891. The summed E-state index contributed by atoms with van der Waals surface area (Å²) >= 11 is 0. The van der Waals surface area contributed by atoms with Crippen molar-refractivity contribution in [1.29, 1.82) is 0 Å². The number of carbonyl (C=O) groups excluding carboxylic acids is 1. The SMILES string of the molecule is CCCNC(=O)c1cccc(CNC(C)c2ccc3ccccc3n2)c1. The van der Waals surface area contributed by atoms with E-state index in [1.54, 1.807) is 0 Å². The van der Waals surface area contributed by atoms with Gasteiger partial charge in [-0.1, -0.05) is 43.3 Å². The number of hydrogen-bond donors (Lipinski definition) is 2. The van der Waals surface area contributed by atoms with E-state index in [9.17, 15) is 4.79 Å². The lowest BCUT2D eigenvalue weighted by Crippen LogP contribution is -2.24. The summed E-state index contributed by atoms with van der Waals surface area (Å²) in [5, 5.41) is 7.56. The normalized spacial score (nSPS) is 12.1. The first-order valence-electron chi connectivity index (χ1n) is 9.13. The number of nitrogens with zero attached hydrogens (tertiary/aromatic N) is 1. The van der Waals surface area contributed by atoms with Crippen LogP contribution in [0.5, 0.6) is 0 Å². The summed E-state index contributed by atoms with van der Waals surface area (Å²) in [5.41, 5.74) is 3.81. The van der Waals surface area contributed by atoms with Gasteiger partial charge >= 0.3 is 0 Å². The highest BCUT2D eigenvalue weighted by molar-refractivity contribution is 5.94. The van der Waals surface area contributed by atoms with E-state index >= 15 is 0 Å². The fourth-order valence-corrected chi connectivity index (χ4v) is 2.86. The minimum Gasteiger partial charge on any atom is -0.352 e. The van der Waals surface area contributed by atoms with E-state index in [2.05, 4.69) is 35.8 Å². The Hall–Kier alpha value is -2.72. The first-order valence-corrected chi connectivity index (χ1v) is 9.13. The molecule has 0 fully saturated rings. The van der Waals surface area contributed by atoms with Crippen molar-refractivity contribution >= 4 is 16.8 Å². The van der Waals surface area contributed by atoms with Crippen molar-refractivity contribution in [3.05, 3.63) is 77.5 Å². The Morgan fingerprint density at radius 3 is 2.77 bits per heavy atom. The number of para-hydroxylation sites is 1. The molecule has 0 saturated carbocycles. The van der Waals surface area contributed by atoms with Gasteiger partial charge in [-0.3, -0.25) is 9.78 Å². The van der Waals surface area contributed by atoms with Gasteiger partial charge in [0.2, 0.25) is 0 Å². The Morgan fingerprint density at radius 1 is 1.08 bits per heavy atom. The Morgan fingerprint density at radius 2 is 1.92 bits per heavy atom. The molecule has 1 amide bonds. The second-order valence-corrected chi connectivity index (χ2v) is 6.49. The number of amides is 1. The molecular weight excluding hydrogens is 322 g/mol. The number of rotatable bonds is 7. The highest BCUT2D eigenvalue weighted by atomic mass is 16.1. The molecule has 0 saturated heterocycles. The molecule has 0 aliphatic rings. The van der Waals surface area contributed by atoms with Gasteiger partial charge in [-0.05, 0) is 43.2 Å². The molecular formula is C22H25N3O. The highest BCUT2D eigenvalue weighted by Gasteiger charge is 2.09. The molecule has 2 aromatic carbocycles. The lowest BCUT2D eigenvalue weighted by Gasteiger charge is -2.14. The first kappa shape index (κ1) is 18.1. The summed E-state index contributed by atoms with van der Waals surface area (Å²) in [6.45, 7) is 5.54. The number of hydrogen-bond acceptors (Lipinski definition) is 3. The van der Waals surface area contributed by atoms with Gasteiger partial charge in [0.25, 0.3) is 5.91 Å². The molecule has 0 aliphatic carbocycles. The van der Waals surface area contributed by atoms with E-state index in [0.717, 1.165) is 28.6 Å². The second kappa shape index (κ2) is 8.59. The monoisotopic (exact) mass is 347 g/mol. The molecule has 0 radical (unpaired) electrons. The summed E-state index contributed by atoms with van der Waals surface area (Å²) in [6.07, 6.45) is 0.934. The average Bonchev–Trinajstić information content (AvgIpc) is 2.70. The smallest absolute Gasteiger partial charge is 0.251 e. The zero-order valence-corrected chi connectivity index (χ0v) is 15.3. The maximum atomic E-state index is 12.1. The molecule has 3 aromatic rings. The van der Waals surface area contributed by atoms with E-state index in [-0.39, 0.29) is 11.9 Å². The van der Waals surface area contributed by atoms with E-state index in [1.807, 2.05) is 49.4 Å². The zero-order chi connectivity index (χ0) is 18.4. The molecule has 0 bridgehead atoms. The van der Waals surface area contributed by atoms with Gasteiger partial charge in [-0.25, -0.2) is 0 Å². The number of fused-ring (bicyclic) bond motifs is 1. The van der Waals surface area contributed by atoms with Gasteiger partial charge in [0.05, 0.1) is 11.2 Å². The minimum absolute atomic E-state index is 0.0158. The van der Waals surface area contributed by atoms with Crippen LogP contribution in [0.3, 0.4) is 0 Å². The lowest BCUT2D eigenvalue weighted by atomic mass is 10.1. The average molecular weight is 347 g/mol. The van der Waals surface area contributed by atoms with Crippen LogP contribution in [0.25, 0.3) is 10.9 Å². The predicted octanol–water partition coefficient (Wildman–Crippen LogP) is 4.23. The van der Waals surface area contributed by atoms with E-state index in [0.29, 0.717) is 18.7 Å². The van der Waals surface area contributed by atoms with Crippen LogP contribution in [0, 0.1) is 0 Å². The van der Waals surface area contributed by atoms with Crippen molar-refractivity contribution < 1.29 is 4.79 Å². The molecule has 4 nitrogen and oxygen atoms in total. The number of benzene rings is 2. The topological polar surface area (TPSA) is 54.0 Å². The Kier molecular flexibility index (Phi) is 5.97. The third-order valence-corrected chi connectivity index (χ3v) is 4.40. The number of carbonyl (C=O) groups is 1. The summed E-state index contributed by atoms with van der Waals surface area (Å²) in [4.78, 5) is 16.8. The zero-order valence-electron chi connectivity index (χ0n) is 15.3. The maximum Gasteiger partial charge on any atom is 0.251 e. The molecule has 26 heavy (non-hydrogen) atoms. The van der Waals surface area contributed by atoms with Crippen molar-refractivity contribution in [2.75, 3.05) is 6.54 Å². The molecule has 134 valence electrons. The van der Waals surface area contributed by atoms with E-state index in [4.69, 9.17) is 4.98 Å². The fraction of sp³-hybridized carbons (Fsp3) is 0.273. The summed E-state index contributed by atoms with van der Waals surface area (Å²) in [6, 6.07) is 20.2. The van der Waals surface area contributed by atoms with Crippen LogP contribution in [0.4, 0.5) is 0 Å². The molecule has 1 aromatic heterocycles. The van der Waals surface area contributed by atoms with Gasteiger partial charge in [-0.2, -0.15) is 0 Å². The van der Waals surface area contributed by atoms with Crippen LogP contribution in [0.1, 0.15) is 47.9 Å². The number of aromatic nitrogens is 1. The van der Waals surface area contributed by atoms with Crippen molar-refractivity contribution in [3.8, 4) is 0 Å². The quantitative estimate of drug-likeness (QED) is 0.673. The Balaban J connectivity index is 1.65. The van der Waals surface area contributed by atoms with Crippen LogP contribution in [0.2, 0.25) is 0 Å². The molecule has 1 unspecified atom stereocenters. The molecule has 1 atom stereocenters. The molecule has 3 rings (SSSR count). The number of nitrogens with one attached hydrogen (secondary N) is 2. The molecule has 2 N–H and O–H groups in total. The van der Waals surface area contributed by atoms with Crippen molar-refractivity contribution in [2.45, 2.75) is 32.9 Å². The summed E-state index contributed by atoms with van der Waals surface area (Å²) in [5.74, 6) is -0.0158. The predicted molar refractivity (Wildman–Crippen MR) is 106 cm³/mol. The fourth-order valence-electron chi connectivity index (χ4n) is 2.86. The molecule has 0 aliphatic heterocycles. The summed E-state index contributed by atoms with van der Waals surface area (Å²) in [7, 11) is 0.